The molecule has 0 unspecified atom stereocenters. The quantitative estimate of drug-likeness (QED) is 0.563. The Bertz CT molecular complexity index is 1020. The summed E-state index contributed by atoms with van der Waals surface area (Å²) in [4.78, 5) is 50.6. The van der Waals surface area contributed by atoms with Crippen molar-refractivity contribution in [2.75, 3.05) is 23.8 Å². The molecule has 0 aliphatic carbocycles. The van der Waals surface area contributed by atoms with Gasteiger partial charge in [0.05, 0.1) is 17.7 Å². The monoisotopic (exact) mass is 466 g/mol. The zero-order chi connectivity index (χ0) is 23.3. The highest BCUT2D eigenvalue weighted by atomic mass is 32.1. The number of hydrogen-bond donors (Lipinski definition) is 2. The van der Waals surface area contributed by atoms with Gasteiger partial charge in [-0.25, -0.2) is 9.59 Å². The molecule has 0 fully saturated rings. The van der Waals surface area contributed by atoms with Crippen LogP contribution in [0.3, 0.4) is 0 Å². The summed E-state index contributed by atoms with van der Waals surface area (Å²) in [7, 11) is 0. The van der Waals surface area contributed by atoms with E-state index in [9.17, 15) is 19.2 Å². The molecule has 168 valence electrons. The zero-order valence-electron chi connectivity index (χ0n) is 18.4. The second-order valence-corrected chi connectivity index (χ2v) is 9.16. The molecule has 0 spiro atoms. The zero-order valence-corrected chi connectivity index (χ0v) is 20.0. The van der Waals surface area contributed by atoms with Gasteiger partial charge in [0.1, 0.15) is 10.0 Å². The highest BCUT2D eigenvalue weighted by Gasteiger charge is 2.25. The average molecular weight is 467 g/mol. The molecule has 2 N–H and O–H groups in total. The first-order valence-corrected chi connectivity index (χ1v) is 11.4. The normalized spacial score (nSPS) is 10.5. The smallest absolute Gasteiger partial charge is 0.341 e. The number of anilines is 2. The standard InChI is InChI=1S/C21H26N2O6S2/c1-7-14-12(5)31-19(17(14)21(27)28-8-2)23-15(25)9-29-20(26)16-10(3)11(4)30-18(16)22-13(6)24/h7-9H2,1-6H3,(H,22,24)(H,23,25). The molecule has 0 atom stereocenters. The summed E-state index contributed by atoms with van der Waals surface area (Å²) in [6, 6.07) is 0. The van der Waals surface area contributed by atoms with Crippen LogP contribution in [0.2, 0.25) is 0 Å². The Morgan fingerprint density at radius 3 is 2.00 bits per heavy atom. The summed E-state index contributed by atoms with van der Waals surface area (Å²) in [5, 5.41) is 6.03. The van der Waals surface area contributed by atoms with Crippen LogP contribution in [0, 0.1) is 20.8 Å². The van der Waals surface area contributed by atoms with Crippen LogP contribution in [0.25, 0.3) is 0 Å². The average Bonchev–Trinajstić information content (AvgIpc) is 3.14. The van der Waals surface area contributed by atoms with Gasteiger partial charge in [0.2, 0.25) is 5.91 Å². The molecule has 0 saturated carbocycles. The number of carbonyl (C=O) groups is 4. The van der Waals surface area contributed by atoms with Gasteiger partial charge in [-0.3, -0.25) is 9.59 Å². The minimum Gasteiger partial charge on any atom is -0.462 e. The molecule has 2 aromatic rings. The summed E-state index contributed by atoms with van der Waals surface area (Å²) in [5.41, 5.74) is 2.08. The van der Waals surface area contributed by atoms with Crippen molar-refractivity contribution in [3.05, 3.63) is 32.0 Å². The number of nitrogens with one attached hydrogen (secondary N) is 2. The van der Waals surface area contributed by atoms with E-state index in [0.29, 0.717) is 27.5 Å². The summed E-state index contributed by atoms with van der Waals surface area (Å²) in [5.74, 6) is -2.09. The van der Waals surface area contributed by atoms with E-state index in [1.807, 2.05) is 20.8 Å². The Morgan fingerprint density at radius 2 is 1.42 bits per heavy atom. The summed E-state index contributed by atoms with van der Waals surface area (Å²) >= 11 is 2.54. The molecule has 2 aromatic heterocycles. The number of ether oxygens (including phenoxy) is 2. The molecule has 2 rings (SSSR count). The Morgan fingerprint density at radius 1 is 0.839 bits per heavy atom. The van der Waals surface area contributed by atoms with Gasteiger partial charge in [-0.15, -0.1) is 22.7 Å². The van der Waals surface area contributed by atoms with E-state index in [1.165, 1.54) is 29.6 Å². The third-order valence-corrected chi connectivity index (χ3v) is 6.69. The Labute approximate surface area is 188 Å². The van der Waals surface area contributed by atoms with Gasteiger partial charge in [0.15, 0.2) is 6.61 Å². The van der Waals surface area contributed by atoms with Gasteiger partial charge in [0.25, 0.3) is 5.91 Å². The van der Waals surface area contributed by atoms with Gasteiger partial charge >= 0.3 is 11.9 Å². The molecule has 2 heterocycles. The number of rotatable bonds is 8. The van der Waals surface area contributed by atoms with E-state index in [2.05, 4.69) is 10.6 Å². The number of esters is 2. The van der Waals surface area contributed by atoms with Crippen LogP contribution in [-0.2, 0) is 25.5 Å². The van der Waals surface area contributed by atoms with Crippen LogP contribution in [0.4, 0.5) is 10.0 Å². The summed E-state index contributed by atoms with van der Waals surface area (Å²) in [6.45, 7) is 10.1. The fourth-order valence-corrected chi connectivity index (χ4v) is 5.24. The number of hydrogen-bond acceptors (Lipinski definition) is 8. The maximum atomic E-state index is 12.6. The van der Waals surface area contributed by atoms with Gasteiger partial charge in [-0.1, -0.05) is 6.92 Å². The van der Waals surface area contributed by atoms with Crippen LogP contribution in [0.1, 0.15) is 62.4 Å². The predicted molar refractivity (Wildman–Crippen MR) is 121 cm³/mol. The summed E-state index contributed by atoms with van der Waals surface area (Å²) in [6.07, 6.45) is 0.615. The van der Waals surface area contributed by atoms with Crippen LogP contribution >= 0.6 is 22.7 Å². The van der Waals surface area contributed by atoms with Crippen LogP contribution < -0.4 is 10.6 Å². The second kappa shape index (κ2) is 10.5. The van der Waals surface area contributed by atoms with Crippen LogP contribution in [-0.4, -0.2) is 37.0 Å². The first kappa shape index (κ1) is 24.5. The van der Waals surface area contributed by atoms with Crippen molar-refractivity contribution < 1.29 is 28.7 Å². The first-order valence-electron chi connectivity index (χ1n) is 9.74. The van der Waals surface area contributed by atoms with Gasteiger partial charge < -0.3 is 20.1 Å². The van der Waals surface area contributed by atoms with E-state index < -0.39 is 24.5 Å². The number of aryl methyl sites for hydroxylation is 2. The molecular formula is C21H26N2O6S2. The molecule has 31 heavy (non-hydrogen) atoms. The minimum absolute atomic E-state index is 0.220. The number of amides is 2. The third-order valence-electron chi connectivity index (χ3n) is 4.51. The highest BCUT2D eigenvalue weighted by molar-refractivity contribution is 7.17. The van der Waals surface area contributed by atoms with Crippen molar-refractivity contribution in [1.82, 2.24) is 0 Å². The van der Waals surface area contributed by atoms with Gasteiger partial charge in [0, 0.05) is 16.7 Å². The lowest BCUT2D eigenvalue weighted by atomic mass is 10.1. The molecule has 0 aliphatic heterocycles. The lowest BCUT2D eigenvalue weighted by molar-refractivity contribution is -0.119. The lowest BCUT2D eigenvalue weighted by Gasteiger charge is -2.09. The number of carbonyl (C=O) groups excluding carboxylic acids is 4. The van der Waals surface area contributed by atoms with E-state index in [1.54, 1.807) is 13.8 Å². The van der Waals surface area contributed by atoms with E-state index in [-0.39, 0.29) is 18.1 Å². The molecule has 0 aliphatic rings. The molecule has 2 amide bonds. The third kappa shape index (κ3) is 5.71. The topological polar surface area (TPSA) is 111 Å². The van der Waals surface area contributed by atoms with Crippen molar-refractivity contribution in [1.29, 1.82) is 0 Å². The molecule has 0 bridgehead atoms. The van der Waals surface area contributed by atoms with Crippen molar-refractivity contribution in [3.63, 3.8) is 0 Å². The molecular weight excluding hydrogens is 440 g/mol. The number of thiophene rings is 2. The van der Waals surface area contributed by atoms with Crippen molar-refractivity contribution >= 4 is 56.4 Å². The maximum absolute atomic E-state index is 12.6. The van der Waals surface area contributed by atoms with Crippen LogP contribution in [0.15, 0.2) is 0 Å². The minimum atomic E-state index is -0.706. The molecule has 8 nitrogen and oxygen atoms in total. The van der Waals surface area contributed by atoms with E-state index in [0.717, 1.165) is 15.3 Å². The molecule has 0 aromatic carbocycles. The lowest BCUT2D eigenvalue weighted by Crippen LogP contribution is -2.22. The van der Waals surface area contributed by atoms with Gasteiger partial charge in [-0.2, -0.15) is 0 Å². The van der Waals surface area contributed by atoms with Crippen molar-refractivity contribution in [2.24, 2.45) is 0 Å². The summed E-state index contributed by atoms with van der Waals surface area (Å²) < 4.78 is 10.3. The first-order chi connectivity index (χ1) is 14.6. The second-order valence-electron chi connectivity index (χ2n) is 6.71. The predicted octanol–water partition coefficient (Wildman–Crippen LogP) is 4.23. The Balaban J connectivity index is 2.14. The SMILES string of the molecule is CCOC(=O)c1c(NC(=O)COC(=O)c2c(NC(C)=O)sc(C)c2C)sc(C)c1CC. The molecule has 0 radical (unpaired) electrons. The Kier molecular flexibility index (Phi) is 8.35. The fraction of sp³-hybridized carbons (Fsp3) is 0.429. The van der Waals surface area contributed by atoms with Gasteiger partial charge in [-0.05, 0) is 45.2 Å². The van der Waals surface area contributed by atoms with Crippen LogP contribution in [0.5, 0.6) is 0 Å². The molecule has 10 heteroatoms. The van der Waals surface area contributed by atoms with E-state index in [4.69, 9.17) is 9.47 Å². The van der Waals surface area contributed by atoms with E-state index >= 15 is 0 Å². The fourth-order valence-electron chi connectivity index (χ4n) is 3.00. The highest BCUT2D eigenvalue weighted by Crippen LogP contribution is 2.35. The Hall–Kier alpha value is -2.72. The van der Waals surface area contributed by atoms with Crippen molar-refractivity contribution in [2.45, 2.75) is 48.0 Å². The van der Waals surface area contributed by atoms with Crippen molar-refractivity contribution in [3.8, 4) is 0 Å². The molecule has 0 saturated heterocycles. The largest absolute Gasteiger partial charge is 0.462 e. The maximum Gasteiger partial charge on any atom is 0.341 e.